The summed E-state index contributed by atoms with van der Waals surface area (Å²) >= 11 is 5.16. The lowest BCUT2D eigenvalue weighted by Crippen LogP contribution is -2.39. The molecule has 6 heteroatoms. The van der Waals surface area contributed by atoms with E-state index in [4.69, 9.17) is 4.74 Å². The zero-order chi connectivity index (χ0) is 12.8. The van der Waals surface area contributed by atoms with E-state index in [0.717, 1.165) is 42.5 Å². The van der Waals surface area contributed by atoms with Crippen molar-refractivity contribution in [2.24, 2.45) is 10.9 Å². The number of ether oxygens (including phenoxy) is 1. The number of rotatable bonds is 4. The monoisotopic (exact) mass is 331 g/mol. The third kappa shape index (κ3) is 4.26. The molecule has 0 bridgehead atoms. The average molecular weight is 332 g/mol. The molecule has 1 saturated heterocycles. The normalized spacial score (nSPS) is 20.1. The first-order chi connectivity index (χ1) is 8.78. The molecule has 1 aromatic rings. The third-order valence-corrected chi connectivity index (χ3v) is 4.44. The highest BCUT2D eigenvalue weighted by Gasteiger charge is 2.15. The van der Waals surface area contributed by atoms with Crippen LogP contribution in [0.2, 0.25) is 0 Å². The summed E-state index contributed by atoms with van der Waals surface area (Å²) in [6.07, 6.45) is 1.14. The molecule has 2 heterocycles. The highest BCUT2D eigenvalue weighted by atomic mass is 79.9. The molecular formula is C12H18BrN3OS. The van der Waals surface area contributed by atoms with Gasteiger partial charge in [-0.15, -0.1) is 11.3 Å². The second kappa shape index (κ2) is 7.11. The Kier molecular flexibility index (Phi) is 5.46. The molecule has 1 atom stereocenters. The molecule has 1 aromatic heterocycles. The smallest absolute Gasteiger partial charge is 0.191 e. The molecule has 1 aliphatic rings. The molecule has 0 saturated carbocycles. The molecule has 1 fully saturated rings. The number of hydrogen-bond donors (Lipinski definition) is 2. The first-order valence-electron chi connectivity index (χ1n) is 6.03. The highest BCUT2D eigenvalue weighted by Crippen LogP contribution is 2.20. The third-order valence-electron chi connectivity index (χ3n) is 2.89. The molecular weight excluding hydrogens is 314 g/mol. The lowest BCUT2D eigenvalue weighted by atomic mass is 10.1. The molecule has 100 valence electrons. The van der Waals surface area contributed by atoms with E-state index in [0.29, 0.717) is 5.92 Å². The molecule has 0 spiro atoms. The van der Waals surface area contributed by atoms with E-state index < -0.39 is 0 Å². The largest absolute Gasteiger partial charge is 0.381 e. The molecule has 0 amide bonds. The first-order valence-corrected chi connectivity index (χ1v) is 7.70. The Balaban J connectivity index is 1.72. The van der Waals surface area contributed by atoms with Crippen molar-refractivity contribution in [3.8, 4) is 0 Å². The lowest BCUT2D eigenvalue weighted by molar-refractivity contribution is 0.186. The van der Waals surface area contributed by atoms with Crippen LogP contribution in [0.5, 0.6) is 0 Å². The van der Waals surface area contributed by atoms with Gasteiger partial charge in [0.15, 0.2) is 5.96 Å². The number of nitrogens with one attached hydrogen (secondary N) is 2. The minimum absolute atomic E-state index is 0.610. The van der Waals surface area contributed by atoms with E-state index in [1.807, 2.05) is 0 Å². The van der Waals surface area contributed by atoms with E-state index in [1.165, 1.54) is 5.56 Å². The molecule has 2 N–H and O–H groups in total. The molecule has 0 radical (unpaired) electrons. The number of aliphatic imine (C=N–C) groups is 1. The Hall–Kier alpha value is -0.590. The van der Waals surface area contributed by atoms with Gasteiger partial charge in [-0.3, -0.25) is 4.99 Å². The van der Waals surface area contributed by atoms with E-state index in [-0.39, 0.29) is 0 Å². The molecule has 0 aliphatic carbocycles. The Morgan fingerprint density at radius 3 is 3.11 bits per heavy atom. The molecule has 2 rings (SSSR count). The van der Waals surface area contributed by atoms with Crippen LogP contribution < -0.4 is 10.6 Å². The minimum atomic E-state index is 0.610. The molecule has 18 heavy (non-hydrogen) atoms. The van der Waals surface area contributed by atoms with Gasteiger partial charge in [0.25, 0.3) is 0 Å². The second-order valence-electron chi connectivity index (χ2n) is 4.30. The summed E-state index contributed by atoms with van der Waals surface area (Å²) in [5, 5.41) is 8.78. The minimum Gasteiger partial charge on any atom is -0.381 e. The van der Waals surface area contributed by atoms with Gasteiger partial charge in [0.2, 0.25) is 0 Å². The number of hydrogen-bond acceptors (Lipinski definition) is 3. The SMILES string of the molecule is CN=C(NCc1csc(Br)c1)NCC1CCOC1. The number of guanidine groups is 1. The zero-order valence-electron chi connectivity index (χ0n) is 10.4. The van der Waals surface area contributed by atoms with Crippen molar-refractivity contribution in [3.63, 3.8) is 0 Å². The predicted octanol–water partition coefficient (Wildman–Crippen LogP) is 2.21. The number of nitrogens with zero attached hydrogens (tertiary/aromatic N) is 1. The van der Waals surface area contributed by atoms with Crippen molar-refractivity contribution in [2.75, 3.05) is 26.8 Å². The fourth-order valence-electron chi connectivity index (χ4n) is 1.83. The van der Waals surface area contributed by atoms with Gasteiger partial charge in [0.1, 0.15) is 0 Å². The summed E-state index contributed by atoms with van der Waals surface area (Å²) in [6.45, 7) is 3.47. The maximum absolute atomic E-state index is 5.35. The summed E-state index contributed by atoms with van der Waals surface area (Å²) < 4.78 is 6.51. The van der Waals surface area contributed by atoms with Crippen LogP contribution in [0.25, 0.3) is 0 Å². The van der Waals surface area contributed by atoms with Crippen LogP contribution in [-0.4, -0.2) is 32.8 Å². The van der Waals surface area contributed by atoms with Gasteiger partial charge in [0.05, 0.1) is 10.4 Å². The van der Waals surface area contributed by atoms with Gasteiger partial charge < -0.3 is 15.4 Å². The van der Waals surface area contributed by atoms with Gasteiger partial charge in [-0.2, -0.15) is 0 Å². The number of halogens is 1. The van der Waals surface area contributed by atoms with E-state index >= 15 is 0 Å². The van der Waals surface area contributed by atoms with Crippen molar-refractivity contribution in [1.82, 2.24) is 10.6 Å². The fraction of sp³-hybridized carbons (Fsp3) is 0.583. The number of thiophene rings is 1. The molecule has 1 aliphatic heterocycles. The van der Waals surface area contributed by atoms with Gasteiger partial charge in [-0.05, 0) is 39.4 Å². The zero-order valence-corrected chi connectivity index (χ0v) is 12.8. The lowest BCUT2D eigenvalue weighted by Gasteiger charge is -2.13. The van der Waals surface area contributed by atoms with E-state index in [1.54, 1.807) is 18.4 Å². The van der Waals surface area contributed by atoms with Crippen molar-refractivity contribution < 1.29 is 4.74 Å². The van der Waals surface area contributed by atoms with E-state index in [9.17, 15) is 0 Å². The van der Waals surface area contributed by atoms with E-state index in [2.05, 4.69) is 43.0 Å². The van der Waals surface area contributed by atoms with Crippen LogP contribution in [0.15, 0.2) is 20.2 Å². The molecule has 4 nitrogen and oxygen atoms in total. The summed E-state index contributed by atoms with van der Waals surface area (Å²) in [5.41, 5.74) is 1.26. The molecule has 1 unspecified atom stereocenters. The summed E-state index contributed by atoms with van der Waals surface area (Å²) in [7, 11) is 1.80. The van der Waals surface area contributed by atoms with Crippen molar-refractivity contribution >= 4 is 33.2 Å². The first kappa shape index (κ1) is 13.8. The Bertz CT molecular complexity index is 402. The van der Waals surface area contributed by atoms with Crippen molar-refractivity contribution in [2.45, 2.75) is 13.0 Å². The standard InChI is InChI=1S/C12H18BrN3OS/c1-14-12(15-5-9-2-3-17-7-9)16-6-10-4-11(13)18-8-10/h4,8-9H,2-3,5-7H2,1H3,(H2,14,15,16). The van der Waals surface area contributed by atoms with Crippen LogP contribution in [0.1, 0.15) is 12.0 Å². The fourth-order valence-corrected chi connectivity index (χ4v) is 3.04. The maximum atomic E-state index is 5.35. The van der Waals surface area contributed by atoms with Gasteiger partial charge >= 0.3 is 0 Å². The summed E-state index contributed by atoms with van der Waals surface area (Å²) in [5.74, 6) is 1.46. The van der Waals surface area contributed by atoms with Crippen molar-refractivity contribution in [1.29, 1.82) is 0 Å². The average Bonchev–Trinajstić information content (AvgIpc) is 3.01. The van der Waals surface area contributed by atoms with Crippen LogP contribution in [0, 0.1) is 5.92 Å². The van der Waals surface area contributed by atoms with Crippen LogP contribution in [0.3, 0.4) is 0 Å². The van der Waals surface area contributed by atoms with Gasteiger partial charge in [-0.25, -0.2) is 0 Å². The predicted molar refractivity (Wildman–Crippen MR) is 79.1 cm³/mol. The van der Waals surface area contributed by atoms with Crippen LogP contribution in [0.4, 0.5) is 0 Å². The quantitative estimate of drug-likeness (QED) is 0.656. The second-order valence-corrected chi connectivity index (χ2v) is 6.59. The highest BCUT2D eigenvalue weighted by molar-refractivity contribution is 9.11. The Morgan fingerprint density at radius 2 is 2.50 bits per heavy atom. The van der Waals surface area contributed by atoms with Crippen LogP contribution >= 0.6 is 27.3 Å². The Labute approximate surface area is 120 Å². The van der Waals surface area contributed by atoms with Gasteiger partial charge in [-0.1, -0.05) is 0 Å². The maximum Gasteiger partial charge on any atom is 0.191 e. The Morgan fingerprint density at radius 1 is 1.61 bits per heavy atom. The van der Waals surface area contributed by atoms with Crippen molar-refractivity contribution in [3.05, 3.63) is 20.8 Å². The van der Waals surface area contributed by atoms with Gasteiger partial charge in [0, 0.05) is 32.7 Å². The molecule has 0 aromatic carbocycles. The van der Waals surface area contributed by atoms with Crippen LogP contribution in [-0.2, 0) is 11.3 Å². The summed E-state index contributed by atoms with van der Waals surface area (Å²) in [4.78, 5) is 4.22. The summed E-state index contributed by atoms with van der Waals surface area (Å²) in [6, 6.07) is 2.12. The topological polar surface area (TPSA) is 45.7 Å².